The Balaban J connectivity index is 1.58. The summed E-state index contributed by atoms with van der Waals surface area (Å²) in [4.78, 5) is 17.4. The van der Waals surface area contributed by atoms with E-state index in [1.165, 1.54) is 44.9 Å². The lowest BCUT2D eigenvalue weighted by Gasteiger charge is -2.48. The molecule has 138 valence electrons. The summed E-state index contributed by atoms with van der Waals surface area (Å²) in [5.74, 6) is 0.755. The number of amides is 2. The van der Waals surface area contributed by atoms with Gasteiger partial charge in [0.15, 0.2) is 0 Å². The quantitative estimate of drug-likeness (QED) is 0.777. The standard InChI is InChI=1S/C19H35N3O2/c1-2-10-21(15-17-6-7-17)18(23)20-16-19(8-4-3-5-9-19)22-11-13-24-14-12-22/h17H,2-16H2,1H3,(H,20,23). The summed E-state index contributed by atoms with van der Waals surface area (Å²) in [7, 11) is 0. The molecule has 2 aliphatic carbocycles. The second-order valence-corrected chi connectivity index (χ2v) is 7.93. The number of carbonyl (C=O) groups is 1. The van der Waals surface area contributed by atoms with Gasteiger partial charge < -0.3 is 15.0 Å². The fraction of sp³-hybridized carbons (Fsp3) is 0.947. The van der Waals surface area contributed by atoms with Crippen LogP contribution in [0.2, 0.25) is 0 Å². The first-order valence-electron chi connectivity index (χ1n) is 10.1. The number of urea groups is 1. The molecule has 0 atom stereocenters. The van der Waals surface area contributed by atoms with E-state index in [1.807, 2.05) is 4.90 Å². The first-order valence-corrected chi connectivity index (χ1v) is 10.1. The van der Waals surface area contributed by atoms with E-state index >= 15 is 0 Å². The third kappa shape index (κ3) is 4.63. The molecule has 2 saturated carbocycles. The van der Waals surface area contributed by atoms with Crippen molar-refractivity contribution in [3.05, 3.63) is 0 Å². The molecule has 0 radical (unpaired) electrons. The van der Waals surface area contributed by atoms with Crippen molar-refractivity contribution in [2.75, 3.05) is 45.9 Å². The SMILES string of the molecule is CCCN(CC1CC1)C(=O)NCC1(N2CCOCC2)CCCCC1. The number of rotatable bonds is 7. The summed E-state index contributed by atoms with van der Waals surface area (Å²) >= 11 is 0. The summed E-state index contributed by atoms with van der Waals surface area (Å²) < 4.78 is 5.54. The molecule has 0 unspecified atom stereocenters. The molecule has 0 aromatic carbocycles. The van der Waals surface area contributed by atoms with Crippen molar-refractivity contribution in [1.29, 1.82) is 0 Å². The Morgan fingerprint density at radius 2 is 1.92 bits per heavy atom. The molecule has 0 spiro atoms. The van der Waals surface area contributed by atoms with Crippen LogP contribution in [0, 0.1) is 5.92 Å². The van der Waals surface area contributed by atoms with Crippen LogP contribution in [0.3, 0.4) is 0 Å². The Hall–Kier alpha value is -0.810. The van der Waals surface area contributed by atoms with Gasteiger partial charge in [-0.3, -0.25) is 4.90 Å². The summed E-state index contributed by atoms with van der Waals surface area (Å²) in [5.41, 5.74) is 0.162. The molecule has 5 heteroatoms. The third-order valence-electron chi connectivity index (χ3n) is 5.99. The van der Waals surface area contributed by atoms with Gasteiger partial charge in [-0.2, -0.15) is 0 Å². The lowest BCUT2D eigenvalue weighted by atomic mass is 9.80. The summed E-state index contributed by atoms with van der Waals surface area (Å²) in [6.07, 6.45) is 9.96. The van der Waals surface area contributed by atoms with Crippen molar-refractivity contribution >= 4 is 6.03 Å². The molecule has 24 heavy (non-hydrogen) atoms. The molecular formula is C19H35N3O2. The molecule has 5 nitrogen and oxygen atoms in total. The Morgan fingerprint density at radius 3 is 2.54 bits per heavy atom. The minimum absolute atomic E-state index is 0.155. The first kappa shape index (κ1) is 18.0. The van der Waals surface area contributed by atoms with Crippen molar-refractivity contribution in [2.24, 2.45) is 5.92 Å². The fourth-order valence-electron chi connectivity index (χ4n) is 4.36. The topological polar surface area (TPSA) is 44.8 Å². The Labute approximate surface area is 147 Å². The molecule has 3 fully saturated rings. The number of nitrogens with zero attached hydrogens (tertiary/aromatic N) is 2. The van der Waals surface area contributed by atoms with E-state index in [2.05, 4.69) is 17.1 Å². The van der Waals surface area contributed by atoms with Gasteiger partial charge in [0.25, 0.3) is 0 Å². The highest BCUT2D eigenvalue weighted by atomic mass is 16.5. The fourth-order valence-corrected chi connectivity index (χ4v) is 4.36. The molecule has 3 rings (SSSR count). The molecule has 3 aliphatic rings. The van der Waals surface area contributed by atoms with Gasteiger partial charge in [0.2, 0.25) is 0 Å². The van der Waals surface area contributed by atoms with Crippen molar-refractivity contribution < 1.29 is 9.53 Å². The molecule has 0 aromatic heterocycles. The number of morpholine rings is 1. The van der Waals surface area contributed by atoms with Crippen LogP contribution in [0.5, 0.6) is 0 Å². The maximum Gasteiger partial charge on any atom is 0.317 e. The number of hydrogen-bond acceptors (Lipinski definition) is 3. The highest BCUT2D eigenvalue weighted by molar-refractivity contribution is 5.74. The largest absolute Gasteiger partial charge is 0.379 e. The maximum absolute atomic E-state index is 12.7. The van der Waals surface area contributed by atoms with Crippen LogP contribution in [-0.2, 0) is 4.74 Å². The van der Waals surface area contributed by atoms with Crippen LogP contribution >= 0.6 is 0 Å². The lowest BCUT2D eigenvalue weighted by Crippen LogP contribution is -2.60. The Kier molecular flexibility index (Phi) is 6.39. The predicted molar refractivity (Wildman–Crippen MR) is 96.2 cm³/mol. The molecule has 0 aromatic rings. The Bertz CT molecular complexity index is 399. The van der Waals surface area contributed by atoms with Crippen LogP contribution < -0.4 is 5.32 Å². The highest BCUT2D eigenvalue weighted by Gasteiger charge is 2.39. The van der Waals surface area contributed by atoms with Gasteiger partial charge >= 0.3 is 6.03 Å². The van der Waals surface area contributed by atoms with Gasteiger partial charge in [-0.25, -0.2) is 4.79 Å². The minimum atomic E-state index is 0.155. The summed E-state index contributed by atoms with van der Waals surface area (Å²) in [6, 6.07) is 0.155. The average molecular weight is 338 g/mol. The zero-order valence-electron chi connectivity index (χ0n) is 15.4. The zero-order valence-corrected chi connectivity index (χ0v) is 15.4. The van der Waals surface area contributed by atoms with Gasteiger partial charge in [0.1, 0.15) is 0 Å². The van der Waals surface area contributed by atoms with E-state index < -0.39 is 0 Å². The van der Waals surface area contributed by atoms with Crippen molar-refractivity contribution in [1.82, 2.24) is 15.1 Å². The minimum Gasteiger partial charge on any atom is -0.379 e. The summed E-state index contributed by atoms with van der Waals surface area (Å²) in [5, 5.41) is 3.31. The second-order valence-electron chi connectivity index (χ2n) is 7.93. The van der Waals surface area contributed by atoms with Crippen LogP contribution in [0.1, 0.15) is 58.3 Å². The van der Waals surface area contributed by atoms with E-state index in [-0.39, 0.29) is 11.6 Å². The summed E-state index contributed by atoms with van der Waals surface area (Å²) in [6.45, 7) is 8.48. The van der Waals surface area contributed by atoms with E-state index in [4.69, 9.17) is 4.74 Å². The molecule has 1 aliphatic heterocycles. The maximum atomic E-state index is 12.7. The van der Waals surface area contributed by atoms with E-state index in [0.29, 0.717) is 0 Å². The van der Waals surface area contributed by atoms with E-state index in [1.54, 1.807) is 0 Å². The molecule has 1 heterocycles. The van der Waals surface area contributed by atoms with Crippen molar-refractivity contribution in [3.63, 3.8) is 0 Å². The van der Waals surface area contributed by atoms with E-state index in [9.17, 15) is 4.79 Å². The molecule has 0 bridgehead atoms. The molecule has 2 amide bonds. The van der Waals surface area contributed by atoms with Gasteiger partial charge in [-0.05, 0) is 38.0 Å². The van der Waals surface area contributed by atoms with Gasteiger partial charge in [0, 0.05) is 38.3 Å². The lowest BCUT2D eigenvalue weighted by molar-refractivity contribution is -0.0360. The van der Waals surface area contributed by atoms with Gasteiger partial charge in [0.05, 0.1) is 13.2 Å². The van der Waals surface area contributed by atoms with Crippen molar-refractivity contribution in [3.8, 4) is 0 Å². The van der Waals surface area contributed by atoms with E-state index in [0.717, 1.165) is 58.3 Å². The van der Waals surface area contributed by atoms with Crippen LogP contribution in [-0.4, -0.2) is 67.3 Å². The molecule has 1 saturated heterocycles. The first-order chi connectivity index (χ1) is 11.7. The highest BCUT2D eigenvalue weighted by Crippen LogP contribution is 2.34. The second kappa shape index (κ2) is 8.52. The third-order valence-corrected chi connectivity index (χ3v) is 5.99. The molecule has 1 N–H and O–H groups in total. The predicted octanol–water partition coefficient (Wildman–Crippen LogP) is 2.85. The van der Waals surface area contributed by atoms with Crippen LogP contribution in [0.25, 0.3) is 0 Å². The number of nitrogens with one attached hydrogen (secondary N) is 1. The van der Waals surface area contributed by atoms with Crippen LogP contribution in [0.4, 0.5) is 4.79 Å². The number of carbonyl (C=O) groups excluding carboxylic acids is 1. The number of ether oxygens (including phenoxy) is 1. The average Bonchev–Trinajstić information content (AvgIpc) is 3.45. The number of hydrogen-bond donors (Lipinski definition) is 1. The zero-order chi connectivity index (χ0) is 16.8. The monoisotopic (exact) mass is 337 g/mol. The molecular weight excluding hydrogens is 302 g/mol. The van der Waals surface area contributed by atoms with Crippen molar-refractivity contribution in [2.45, 2.75) is 63.8 Å². The smallest absolute Gasteiger partial charge is 0.317 e. The van der Waals surface area contributed by atoms with Gasteiger partial charge in [-0.1, -0.05) is 26.2 Å². The van der Waals surface area contributed by atoms with Gasteiger partial charge in [-0.15, -0.1) is 0 Å². The normalized spacial score (nSPS) is 24.5. The van der Waals surface area contributed by atoms with Crippen LogP contribution in [0.15, 0.2) is 0 Å². The Morgan fingerprint density at radius 1 is 1.21 bits per heavy atom.